The van der Waals surface area contributed by atoms with E-state index in [0.29, 0.717) is 17.9 Å². The molecule has 4 heteroatoms. The molecule has 3 rings (SSSR count). The van der Waals surface area contributed by atoms with Crippen molar-refractivity contribution in [1.29, 1.82) is 0 Å². The SMILES string of the molecule is C=CCOc1ccc(C(=O)Nc2ccc(OCCC3CCCCC3)cc2)cc1. The van der Waals surface area contributed by atoms with Gasteiger partial charge in [0.15, 0.2) is 0 Å². The number of nitrogens with one attached hydrogen (secondary N) is 1. The Labute approximate surface area is 167 Å². The van der Waals surface area contributed by atoms with Gasteiger partial charge in [-0.3, -0.25) is 4.79 Å². The fourth-order valence-corrected chi connectivity index (χ4v) is 3.51. The van der Waals surface area contributed by atoms with Gasteiger partial charge in [0.1, 0.15) is 18.1 Å². The summed E-state index contributed by atoms with van der Waals surface area (Å²) in [6.07, 6.45) is 9.62. The maximum atomic E-state index is 12.4. The highest BCUT2D eigenvalue weighted by molar-refractivity contribution is 6.04. The Morgan fingerprint density at radius 2 is 1.61 bits per heavy atom. The summed E-state index contributed by atoms with van der Waals surface area (Å²) in [6.45, 7) is 4.82. The second-order valence-electron chi connectivity index (χ2n) is 7.24. The smallest absolute Gasteiger partial charge is 0.255 e. The van der Waals surface area contributed by atoms with Crippen molar-refractivity contribution in [2.24, 2.45) is 5.92 Å². The molecule has 2 aromatic carbocycles. The molecular formula is C24H29NO3. The van der Waals surface area contributed by atoms with E-state index in [1.54, 1.807) is 30.3 Å². The van der Waals surface area contributed by atoms with Crippen LogP contribution in [-0.2, 0) is 0 Å². The van der Waals surface area contributed by atoms with Crippen LogP contribution in [0.3, 0.4) is 0 Å². The highest BCUT2D eigenvalue weighted by atomic mass is 16.5. The van der Waals surface area contributed by atoms with Crippen molar-refractivity contribution in [3.8, 4) is 11.5 Å². The monoisotopic (exact) mass is 379 g/mol. The summed E-state index contributed by atoms with van der Waals surface area (Å²) in [6, 6.07) is 14.6. The minimum absolute atomic E-state index is 0.152. The molecule has 0 unspecified atom stereocenters. The first-order valence-electron chi connectivity index (χ1n) is 10.1. The zero-order valence-corrected chi connectivity index (χ0v) is 16.4. The maximum absolute atomic E-state index is 12.4. The molecule has 1 fully saturated rings. The molecule has 1 saturated carbocycles. The van der Waals surface area contributed by atoms with Crippen LogP contribution in [0.5, 0.6) is 11.5 Å². The third-order valence-electron chi connectivity index (χ3n) is 5.12. The van der Waals surface area contributed by atoms with Gasteiger partial charge in [0, 0.05) is 11.3 Å². The molecule has 0 aliphatic heterocycles. The van der Waals surface area contributed by atoms with Gasteiger partial charge in [-0.1, -0.05) is 44.8 Å². The average molecular weight is 380 g/mol. The van der Waals surface area contributed by atoms with Crippen LogP contribution in [-0.4, -0.2) is 19.1 Å². The van der Waals surface area contributed by atoms with E-state index in [1.807, 2.05) is 24.3 Å². The summed E-state index contributed by atoms with van der Waals surface area (Å²) in [5, 5.41) is 2.90. The number of hydrogen-bond acceptors (Lipinski definition) is 3. The van der Waals surface area contributed by atoms with Crippen LogP contribution >= 0.6 is 0 Å². The molecule has 1 aliphatic carbocycles. The number of rotatable bonds is 9. The lowest BCUT2D eigenvalue weighted by Crippen LogP contribution is -2.12. The fraction of sp³-hybridized carbons (Fsp3) is 0.375. The van der Waals surface area contributed by atoms with Crippen molar-refractivity contribution in [2.45, 2.75) is 38.5 Å². The highest BCUT2D eigenvalue weighted by Crippen LogP contribution is 2.26. The van der Waals surface area contributed by atoms with Crippen LogP contribution in [0.2, 0.25) is 0 Å². The number of ether oxygens (including phenoxy) is 2. The highest BCUT2D eigenvalue weighted by Gasteiger charge is 2.13. The molecule has 28 heavy (non-hydrogen) atoms. The molecule has 1 aliphatic rings. The van der Waals surface area contributed by atoms with E-state index in [4.69, 9.17) is 9.47 Å². The molecule has 0 heterocycles. The summed E-state index contributed by atoms with van der Waals surface area (Å²) in [7, 11) is 0. The largest absolute Gasteiger partial charge is 0.494 e. The Kier molecular flexibility index (Phi) is 7.53. The van der Waals surface area contributed by atoms with E-state index in [1.165, 1.54) is 32.1 Å². The van der Waals surface area contributed by atoms with Crippen molar-refractivity contribution in [1.82, 2.24) is 0 Å². The molecule has 4 nitrogen and oxygen atoms in total. The van der Waals surface area contributed by atoms with Crippen molar-refractivity contribution in [3.63, 3.8) is 0 Å². The molecule has 0 saturated heterocycles. The van der Waals surface area contributed by atoms with Gasteiger partial charge in [0.25, 0.3) is 5.91 Å². The lowest BCUT2D eigenvalue weighted by atomic mass is 9.87. The van der Waals surface area contributed by atoms with E-state index < -0.39 is 0 Å². The lowest BCUT2D eigenvalue weighted by Gasteiger charge is -2.21. The molecule has 0 bridgehead atoms. The van der Waals surface area contributed by atoms with Gasteiger partial charge in [-0.25, -0.2) is 0 Å². The summed E-state index contributed by atoms with van der Waals surface area (Å²) in [5.41, 5.74) is 1.33. The molecule has 1 amide bonds. The first-order chi connectivity index (χ1) is 13.7. The van der Waals surface area contributed by atoms with Crippen LogP contribution in [0.4, 0.5) is 5.69 Å². The van der Waals surface area contributed by atoms with Crippen molar-refractivity contribution >= 4 is 11.6 Å². The quantitative estimate of drug-likeness (QED) is 0.556. The van der Waals surface area contributed by atoms with Crippen molar-refractivity contribution < 1.29 is 14.3 Å². The number of carbonyl (C=O) groups is 1. The van der Waals surface area contributed by atoms with E-state index in [0.717, 1.165) is 30.4 Å². The number of amides is 1. The zero-order valence-electron chi connectivity index (χ0n) is 16.4. The van der Waals surface area contributed by atoms with Crippen molar-refractivity contribution in [3.05, 3.63) is 66.7 Å². The standard InChI is InChI=1S/C24H29NO3/c1-2-17-27-22-12-8-20(9-13-22)24(26)25-21-10-14-23(15-11-21)28-18-16-19-6-4-3-5-7-19/h2,8-15,19H,1,3-7,16-18H2,(H,25,26). The topological polar surface area (TPSA) is 47.6 Å². The van der Waals surface area contributed by atoms with Gasteiger partial charge in [-0.2, -0.15) is 0 Å². The Bertz CT molecular complexity index is 746. The summed E-state index contributed by atoms with van der Waals surface area (Å²) in [4.78, 5) is 12.4. The fourth-order valence-electron chi connectivity index (χ4n) is 3.51. The minimum atomic E-state index is -0.152. The van der Waals surface area contributed by atoms with E-state index >= 15 is 0 Å². The number of benzene rings is 2. The second kappa shape index (κ2) is 10.5. The maximum Gasteiger partial charge on any atom is 0.255 e. The zero-order chi connectivity index (χ0) is 19.6. The molecule has 0 radical (unpaired) electrons. The van der Waals surface area contributed by atoms with Crippen molar-refractivity contribution in [2.75, 3.05) is 18.5 Å². The van der Waals surface area contributed by atoms with E-state index in [9.17, 15) is 4.79 Å². The Morgan fingerprint density at radius 3 is 2.29 bits per heavy atom. The van der Waals surface area contributed by atoms with Gasteiger partial charge in [0.2, 0.25) is 0 Å². The van der Waals surface area contributed by atoms with Crippen LogP contribution in [0.25, 0.3) is 0 Å². The summed E-state index contributed by atoms with van der Waals surface area (Å²) in [5.74, 6) is 2.23. The Morgan fingerprint density at radius 1 is 0.964 bits per heavy atom. The normalized spacial score (nSPS) is 14.3. The minimum Gasteiger partial charge on any atom is -0.494 e. The van der Waals surface area contributed by atoms with Gasteiger partial charge in [-0.15, -0.1) is 0 Å². The number of anilines is 1. The second-order valence-corrected chi connectivity index (χ2v) is 7.24. The van der Waals surface area contributed by atoms with Crippen LogP contribution in [0.1, 0.15) is 48.9 Å². The lowest BCUT2D eigenvalue weighted by molar-refractivity contribution is 0.102. The van der Waals surface area contributed by atoms with Gasteiger partial charge < -0.3 is 14.8 Å². The number of carbonyl (C=O) groups excluding carboxylic acids is 1. The Hall–Kier alpha value is -2.75. The van der Waals surface area contributed by atoms with Crippen LogP contribution < -0.4 is 14.8 Å². The van der Waals surface area contributed by atoms with Gasteiger partial charge >= 0.3 is 0 Å². The predicted molar refractivity (Wildman–Crippen MR) is 113 cm³/mol. The first-order valence-corrected chi connectivity index (χ1v) is 10.1. The summed E-state index contributed by atoms with van der Waals surface area (Å²) >= 11 is 0. The van der Waals surface area contributed by atoms with Gasteiger partial charge in [-0.05, 0) is 60.9 Å². The van der Waals surface area contributed by atoms with Crippen LogP contribution in [0.15, 0.2) is 61.2 Å². The molecule has 0 spiro atoms. The third kappa shape index (κ3) is 6.15. The average Bonchev–Trinajstić information content (AvgIpc) is 2.74. The summed E-state index contributed by atoms with van der Waals surface area (Å²) < 4.78 is 11.3. The molecule has 2 aromatic rings. The third-order valence-corrected chi connectivity index (χ3v) is 5.12. The Balaban J connectivity index is 1.45. The molecule has 1 N–H and O–H groups in total. The van der Waals surface area contributed by atoms with E-state index in [-0.39, 0.29) is 5.91 Å². The molecule has 148 valence electrons. The molecule has 0 atom stereocenters. The predicted octanol–water partition coefficient (Wildman–Crippen LogP) is 5.85. The van der Waals surface area contributed by atoms with Crippen LogP contribution in [0, 0.1) is 5.92 Å². The van der Waals surface area contributed by atoms with E-state index in [2.05, 4.69) is 11.9 Å². The molecular weight excluding hydrogens is 350 g/mol. The molecule has 0 aromatic heterocycles. The van der Waals surface area contributed by atoms with Gasteiger partial charge in [0.05, 0.1) is 6.61 Å². The number of hydrogen-bond donors (Lipinski definition) is 1. The first kappa shape index (κ1) is 20.0.